The SMILES string of the molecule is NC1NCN(N)N1N. The summed E-state index contributed by atoms with van der Waals surface area (Å²) in [7, 11) is 0. The van der Waals surface area contributed by atoms with E-state index in [2.05, 4.69) is 5.32 Å². The Kier molecular flexibility index (Phi) is 1.43. The summed E-state index contributed by atoms with van der Waals surface area (Å²) in [6.07, 6.45) is -0.347. The molecule has 0 aromatic rings. The second kappa shape index (κ2) is 1.94. The lowest BCUT2D eigenvalue weighted by Gasteiger charge is -2.18. The molecule has 0 bridgehead atoms. The van der Waals surface area contributed by atoms with E-state index in [4.69, 9.17) is 17.4 Å². The summed E-state index contributed by atoms with van der Waals surface area (Å²) >= 11 is 0. The first-order valence-electron chi connectivity index (χ1n) is 2.27. The summed E-state index contributed by atoms with van der Waals surface area (Å²) in [5.74, 6) is 10.5. The molecule has 1 saturated heterocycles. The molecule has 1 heterocycles. The number of nitrogens with one attached hydrogen (secondary N) is 1. The fourth-order valence-corrected chi connectivity index (χ4v) is 0.522. The molecule has 6 nitrogen and oxygen atoms in total. The zero-order valence-electron chi connectivity index (χ0n) is 4.41. The van der Waals surface area contributed by atoms with Gasteiger partial charge in [0.25, 0.3) is 0 Å². The van der Waals surface area contributed by atoms with E-state index in [1.807, 2.05) is 0 Å². The van der Waals surface area contributed by atoms with Gasteiger partial charge in [0.15, 0.2) is 0 Å². The van der Waals surface area contributed by atoms with E-state index in [-0.39, 0.29) is 6.29 Å². The molecule has 48 valence electrons. The Morgan fingerprint density at radius 3 is 2.25 bits per heavy atom. The van der Waals surface area contributed by atoms with Gasteiger partial charge in [-0.05, 0) is 0 Å². The van der Waals surface area contributed by atoms with E-state index in [1.54, 1.807) is 0 Å². The van der Waals surface area contributed by atoms with Crippen molar-refractivity contribution in [3.8, 4) is 0 Å². The highest BCUT2D eigenvalue weighted by molar-refractivity contribution is 4.59. The minimum atomic E-state index is -0.347. The number of hydrogen-bond donors (Lipinski definition) is 4. The van der Waals surface area contributed by atoms with Gasteiger partial charge in [-0.15, -0.1) is 10.2 Å². The number of hydrogen-bond acceptors (Lipinski definition) is 6. The van der Waals surface area contributed by atoms with E-state index in [0.717, 1.165) is 0 Å². The first-order chi connectivity index (χ1) is 3.72. The minimum absolute atomic E-state index is 0.347. The summed E-state index contributed by atoms with van der Waals surface area (Å²) in [5.41, 5.74) is 5.34. The Hall–Kier alpha value is -0.240. The first-order valence-corrected chi connectivity index (χ1v) is 2.27. The summed E-state index contributed by atoms with van der Waals surface area (Å²) in [4.78, 5) is 0. The number of rotatable bonds is 0. The second-order valence-electron chi connectivity index (χ2n) is 1.63. The van der Waals surface area contributed by atoms with Gasteiger partial charge >= 0.3 is 0 Å². The summed E-state index contributed by atoms with van der Waals surface area (Å²) in [5, 5.41) is 5.32. The van der Waals surface area contributed by atoms with Crippen molar-refractivity contribution in [2.75, 3.05) is 6.67 Å². The Morgan fingerprint density at radius 1 is 1.50 bits per heavy atom. The molecule has 1 aliphatic heterocycles. The molecule has 1 atom stereocenters. The third-order valence-corrected chi connectivity index (χ3v) is 1.04. The van der Waals surface area contributed by atoms with Gasteiger partial charge in [-0.2, -0.15) is 0 Å². The Labute approximate surface area is 47.1 Å². The number of nitrogens with two attached hydrogens (primary N) is 3. The van der Waals surface area contributed by atoms with Crippen LogP contribution in [0, 0.1) is 0 Å². The summed E-state index contributed by atoms with van der Waals surface area (Å²) in [6.45, 7) is 0.498. The average molecular weight is 118 g/mol. The molecule has 0 amide bonds. The van der Waals surface area contributed by atoms with E-state index < -0.39 is 0 Å². The Bertz CT molecular complexity index is 72.6. The van der Waals surface area contributed by atoms with Gasteiger partial charge in [0.1, 0.15) is 6.29 Å². The Balaban J connectivity index is 2.44. The minimum Gasteiger partial charge on any atom is -0.301 e. The maximum absolute atomic E-state index is 5.34. The van der Waals surface area contributed by atoms with Crippen LogP contribution < -0.4 is 22.7 Å². The third-order valence-electron chi connectivity index (χ3n) is 1.04. The summed E-state index contributed by atoms with van der Waals surface area (Å²) in [6, 6.07) is 0. The lowest BCUT2D eigenvalue weighted by Crippen LogP contribution is -2.54. The van der Waals surface area contributed by atoms with Crippen LogP contribution >= 0.6 is 0 Å². The first kappa shape index (κ1) is 5.89. The highest BCUT2D eigenvalue weighted by Gasteiger charge is 2.21. The van der Waals surface area contributed by atoms with Crippen molar-refractivity contribution in [3.05, 3.63) is 0 Å². The van der Waals surface area contributed by atoms with Crippen LogP contribution in [0.2, 0.25) is 0 Å². The van der Waals surface area contributed by atoms with Crippen molar-refractivity contribution in [2.24, 2.45) is 17.4 Å². The maximum Gasteiger partial charge on any atom is 0.141 e. The molecule has 1 rings (SSSR count). The largest absolute Gasteiger partial charge is 0.301 e. The van der Waals surface area contributed by atoms with Crippen LogP contribution in [0.5, 0.6) is 0 Å². The molecule has 0 aliphatic carbocycles. The molecule has 8 heavy (non-hydrogen) atoms. The van der Waals surface area contributed by atoms with Crippen LogP contribution in [0.3, 0.4) is 0 Å². The lowest BCUT2D eigenvalue weighted by atomic mass is 10.9. The standard InChI is InChI=1S/C2H10N6/c3-2-6-1-7(4)8(2)5/h2,6H,1,3-5H2. The number of hydrazine groups is 3. The van der Waals surface area contributed by atoms with Crippen LogP contribution in [-0.4, -0.2) is 23.2 Å². The monoisotopic (exact) mass is 118 g/mol. The fourth-order valence-electron chi connectivity index (χ4n) is 0.522. The molecule has 7 N–H and O–H groups in total. The normalized spacial score (nSPS) is 34.1. The average Bonchev–Trinajstić information content (AvgIpc) is 1.98. The highest BCUT2D eigenvalue weighted by Crippen LogP contribution is 1.90. The zero-order chi connectivity index (χ0) is 6.15. The van der Waals surface area contributed by atoms with Gasteiger partial charge in [-0.1, -0.05) is 0 Å². The van der Waals surface area contributed by atoms with Crippen molar-refractivity contribution in [2.45, 2.75) is 6.29 Å². The van der Waals surface area contributed by atoms with E-state index in [0.29, 0.717) is 6.67 Å². The van der Waals surface area contributed by atoms with Gasteiger partial charge < -0.3 is 5.73 Å². The molecule has 0 spiro atoms. The molecular weight excluding hydrogens is 108 g/mol. The van der Waals surface area contributed by atoms with Crippen LogP contribution in [0.15, 0.2) is 0 Å². The Morgan fingerprint density at radius 2 is 2.12 bits per heavy atom. The van der Waals surface area contributed by atoms with Gasteiger partial charge in [-0.25, -0.2) is 0 Å². The molecule has 0 aromatic carbocycles. The second-order valence-corrected chi connectivity index (χ2v) is 1.63. The zero-order valence-corrected chi connectivity index (χ0v) is 4.41. The van der Waals surface area contributed by atoms with Gasteiger partial charge in [0.05, 0.1) is 6.67 Å². The van der Waals surface area contributed by atoms with E-state index in [9.17, 15) is 0 Å². The lowest BCUT2D eigenvalue weighted by molar-refractivity contribution is -0.00404. The van der Waals surface area contributed by atoms with Gasteiger partial charge in [-0.3, -0.25) is 17.0 Å². The highest BCUT2D eigenvalue weighted by atomic mass is 15.9. The smallest absolute Gasteiger partial charge is 0.141 e. The fraction of sp³-hybridized carbons (Fsp3) is 1.00. The van der Waals surface area contributed by atoms with Gasteiger partial charge in [0, 0.05) is 0 Å². The van der Waals surface area contributed by atoms with Crippen LogP contribution in [0.1, 0.15) is 0 Å². The predicted molar refractivity (Wildman–Crippen MR) is 28.0 cm³/mol. The molecule has 1 fully saturated rings. The van der Waals surface area contributed by atoms with E-state index in [1.165, 1.54) is 10.2 Å². The van der Waals surface area contributed by atoms with Crippen LogP contribution in [0.25, 0.3) is 0 Å². The topological polar surface area (TPSA) is 96.6 Å². The van der Waals surface area contributed by atoms with Crippen LogP contribution in [0.4, 0.5) is 0 Å². The number of nitrogens with zero attached hydrogens (tertiary/aromatic N) is 2. The van der Waals surface area contributed by atoms with Gasteiger partial charge in [0.2, 0.25) is 0 Å². The molecule has 1 aliphatic rings. The van der Waals surface area contributed by atoms with Crippen LogP contribution in [-0.2, 0) is 0 Å². The summed E-state index contributed by atoms with van der Waals surface area (Å²) < 4.78 is 0. The molecule has 0 aromatic heterocycles. The van der Waals surface area contributed by atoms with Crippen molar-refractivity contribution in [1.29, 1.82) is 0 Å². The molecular formula is C2H10N6. The van der Waals surface area contributed by atoms with E-state index >= 15 is 0 Å². The molecule has 0 saturated carbocycles. The molecule has 6 heteroatoms. The quantitative estimate of drug-likeness (QED) is 0.254. The maximum atomic E-state index is 5.34. The predicted octanol–water partition coefficient (Wildman–Crippen LogP) is -2.94. The molecule has 0 radical (unpaired) electrons. The van der Waals surface area contributed by atoms with Crippen molar-refractivity contribution in [3.63, 3.8) is 0 Å². The molecule has 1 unspecified atom stereocenters. The van der Waals surface area contributed by atoms with Crippen molar-refractivity contribution < 1.29 is 0 Å². The van der Waals surface area contributed by atoms with Crippen molar-refractivity contribution in [1.82, 2.24) is 15.6 Å². The van der Waals surface area contributed by atoms with Crippen molar-refractivity contribution >= 4 is 0 Å². The third kappa shape index (κ3) is 0.802.